The van der Waals surface area contributed by atoms with Crippen LogP contribution < -0.4 is 15.1 Å². The number of hydrogen-bond donors (Lipinski definition) is 1. The monoisotopic (exact) mass is 492 g/mol. The van der Waals surface area contributed by atoms with Crippen LogP contribution in [0.2, 0.25) is 0 Å². The predicted octanol–water partition coefficient (Wildman–Crippen LogP) is 4.54. The fourth-order valence-electron chi connectivity index (χ4n) is 3.89. The lowest BCUT2D eigenvalue weighted by Gasteiger charge is -2.27. The largest absolute Gasteiger partial charge is 0.455 e. The lowest BCUT2D eigenvalue weighted by molar-refractivity contribution is -0.147. The molecule has 0 radical (unpaired) electrons. The first-order chi connectivity index (χ1) is 16.9. The molecular weight excluding hydrogens is 464 g/mol. The minimum absolute atomic E-state index is 0.0483. The number of carbonyl (C=O) groups excluding carboxylic acids is 3. The summed E-state index contributed by atoms with van der Waals surface area (Å²) in [5.41, 5.74) is 3.13. The summed E-state index contributed by atoms with van der Waals surface area (Å²) < 4.78 is 5.26. The van der Waals surface area contributed by atoms with Crippen molar-refractivity contribution in [1.29, 1.82) is 0 Å². The van der Waals surface area contributed by atoms with Crippen molar-refractivity contribution in [2.24, 2.45) is 0 Å². The molecule has 2 heterocycles. The van der Waals surface area contributed by atoms with Crippen molar-refractivity contribution in [3.05, 3.63) is 65.7 Å². The first kappa shape index (κ1) is 24.4. The molecule has 182 valence electrons. The van der Waals surface area contributed by atoms with Crippen molar-refractivity contribution >= 4 is 51.3 Å². The molecule has 0 spiro atoms. The topological polar surface area (TPSA) is 91.8 Å². The minimum atomic E-state index is -0.533. The van der Waals surface area contributed by atoms with E-state index < -0.39 is 5.97 Å². The number of rotatable bonds is 9. The van der Waals surface area contributed by atoms with Gasteiger partial charge in [-0.05, 0) is 56.7 Å². The molecule has 2 amide bonds. The molecule has 1 saturated heterocycles. The van der Waals surface area contributed by atoms with Crippen LogP contribution in [-0.4, -0.2) is 42.0 Å². The fourth-order valence-corrected chi connectivity index (χ4v) is 4.75. The average molecular weight is 493 g/mol. The molecular formula is C26H28N4O4S. The van der Waals surface area contributed by atoms with Gasteiger partial charge in [-0.3, -0.25) is 19.3 Å². The minimum Gasteiger partial charge on any atom is -0.455 e. The van der Waals surface area contributed by atoms with E-state index in [1.54, 1.807) is 15.2 Å². The molecule has 1 aromatic heterocycles. The molecule has 1 aliphatic rings. The van der Waals surface area contributed by atoms with Gasteiger partial charge in [0.25, 0.3) is 5.91 Å². The van der Waals surface area contributed by atoms with Gasteiger partial charge in [-0.2, -0.15) is 0 Å². The summed E-state index contributed by atoms with van der Waals surface area (Å²) in [6, 6.07) is 17.2. The number of aromatic nitrogens is 1. The van der Waals surface area contributed by atoms with E-state index in [1.165, 1.54) is 11.3 Å². The Bertz CT molecular complexity index is 1180. The molecule has 8 nitrogen and oxygen atoms in total. The number of amides is 2. The van der Waals surface area contributed by atoms with E-state index in [9.17, 15) is 14.4 Å². The van der Waals surface area contributed by atoms with Gasteiger partial charge in [-0.25, -0.2) is 4.98 Å². The second-order valence-electron chi connectivity index (χ2n) is 8.50. The number of para-hydroxylation sites is 1. The van der Waals surface area contributed by atoms with Crippen molar-refractivity contribution in [1.82, 2.24) is 4.98 Å². The summed E-state index contributed by atoms with van der Waals surface area (Å²) in [5.74, 6) is -0.787. The molecule has 0 saturated carbocycles. The van der Waals surface area contributed by atoms with Gasteiger partial charge in [0.05, 0.1) is 12.1 Å². The molecule has 0 atom stereocenters. The highest BCUT2D eigenvalue weighted by molar-refractivity contribution is 7.14. The van der Waals surface area contributed by atoms with Crippen LogP contribution in [0.15, 0.2) is 60.0 Å². The van der Waals surface area contributed by atoms with Gasteiger partial charge in [-0.15, -0.1) is 11.3 Å². The predicted molar refractivity (Wildman–Crippen MR) is 137 cm³/mol. The molecule has 9 heteroatoms. The Labute approximate surface area is 208 Å². The summed E-state index contributed by atoms with van der Waals surface area (Å²) >= 11 is 1.33. The molecule has 2 aromatic carbocycles. The SMILES string of the molecule is CC(C)N(C(=O)COC(=O)Cc1csc(N2CCCC2=O)n1)c1ccc(Nc2ccccc2)cc1. The van der Waals surface area contributed by atoms with Crippen molar-refractivity contribution in [2.75, 3.05) is 28.3 Å². The van der Waals surface area contributed by atoms with Crippen LogP contribution in [-0.2, 0) is 25.5 Å². The van der Waals surface area contributed by atoms with Crippen LogP contribution in [0.4, 0.5) is 22.2 Å². The van der Waals surface area contributed by atoms with Crippen molar-refractivity contribution < 1.29 is 19.1 Å². The quantitative estimate of drug-likeness (QED) is 0.441. The van der Waals surface area contributed by atoms with Gasteiger partial charge in [0, 0.05) is 41.4 Å². The van der Waals surface area contributed by atoms with Crippen molar-refractivity contribution in [2.45, 2.75) is 39.2 Å². The van der Waals surface area contributed by atoms with Gasteiger partial charge in [-0.1, -0.05) is 18.2 Å². The van der Waals surface area contributed by atoms with Crippen molar-refractivity contribution in [3.8, 4) is 0 Å². The average Bonchev–Trinajstić information content (AvgIpc) is 3.48. The Kier molecular flexibility index (Phi) is 7.77. The number of nitrogens with zero attached hydrogens (tertiary/aromatic N) is 3. The summed E-state index contributed by atoms with van der Waals surface area (Å²) in [7, 11) is 0. The van der Waals surface area contributed by atoms with E-state index in [1.807, 2.05) is 68.4 Å². The summed E-state index contributed by atoms with van der Waals surface area (Å²) in [4.78, 5) is 44.8. The normalized spacial score (nSPS) is 13.2. The highest BCUT2D eigenvalue weighted by Crippen LogP contribution is 2.26. The van der Waals surface area contributed by atoms with E-state index in [-0.39, 0.29) is 30.9 Å². The first-order valence-electron chi connectivity index (χ1n) is 11.6. The maximum absolute atomic E-state index is 12.9. The summed E-state index contributed by atoms with van der Waals surface area (Å²) in [6.07, 6.45) is 1.29. The fraction of sp³-hybridized carbons (Fsp3) is 0.308. The standard InChI is InChI=1S/C26H28N4O4S/c1-18(2)30(22-12-10-20(11-13-22)27-19-7-4-3-5-8-19)24(32)16-34-25(33)15-21-17-35-26(28-21)29-14-6-9-23(29)31/h3-5,7-8,10-13,17-18,27H,6,9,14-16H2,1-2H3. The van der Waals surface area contributed by atoms with Crippen molar-refractivity contribution in [3.63, 3.8) is 0 Å². The number of benzene rings is 2. The maximum atomic E-state index is 12.9. The zero-order valence-electron chi connectivity index (χ0n) is 19.8. The van der Waals surface area contributed by atoms with Crippen LogP contribution in [0.25, 0.3) is 0 Å². The molecule has 1 fully saturated rings. The van der Waals surface area contributed by atoms with Gasteiger partial charge in [0.2, 0.25) is 5.91 Å². The number of carbonyl (C=O) groups is 3. The number of anilines is 4. The van der Waals surface area contributed by atoms with Crippen LogP contribution in [0.3, 0.4) is 0 Å². The smallest absolute Gasteiger partial charge is 0.312 e. The second-order valence-corrected chi connectivity index (χ2v) is 9.34. The van der Waals surface area contributed by atoms with E-state index in [0.29, 0.717) is 23.8 Å². The van der Waals surface area contributed by atoms with Gasteiger partial charge in [0.15, 0.2) is 11.7 Å². The molecule has 1 N–H and O–H groups in total. The van der Waals surface area contributed by atoms with Gasteiger partial charge < -0.3 is 15.0 Å². The molecule has 4 rings (SSSR count). The number of hydrogen-bond acceptors (Lipinski definition) is 7. The molecule has 0 aliphatic carbocycles. The second kappa shape index (κ2) is 11.1. The molecule has 3 aromatic rings. The van der Waals surface area contributed by atoms with Gasteiger partial charge in [0.1, 0.15) is 0 Å². The lowest BCUT2D eigenvalue weighted by Crippen LogP contribution is -2.40. The summed E-state index contributed by atoms with van der Waals surface area (Å²) in [6.45, 7) is 4.11. The molecule has 35 heavy (non-hydrogen) atoms. The van der Waals surface area contributed by atoms with Crippen LogP contribution in [0.1, 0.15) is 32.4 Å². The number of nitrogens with one attached hydrogen (secondary N) is 1. The van der Waals surface area contributed by atoms with E-state index in [4.69, 9.17) is 4.74 Å². The Morgan fingerprint density at radius 3 is 2.49 bits per heavy atom. The number of esters is 1. The lowest BCUT2D eigenvalue weighted by atomic mass is 10.2. The van der Waals surface area contributed by atoms with E-state index in [2.05, 4.69) is 10.3 Å². The van der Waals surface area contributed by atoms with Crippen LogP contribution >= 0.6 is 11.3 Å². The maximum Gasteiger partial charge on any atom is 0.312 e. The molecule has 0 unspecified atom stereocenters. The third kappa shape index (κ3) is 6.24. The van der Waals surface area contributed by atoms with Gasteiger partial charge >= 0.3 is 5.97 Å². The molecule has 1 aliphatic heterocycles. The highest BCUT2D eigenvalue weighted by Gasteiger charge is 2.25. The Morgan fingerprint density at radius 1 is 1.11 bits per heavy atom. The van der Waals surface area contributed by atoms with Crippen LogP contribution in [0, 0.1) is 0 Å². The summed E-state index contributed by atoms with van der Waals surface area (Å²) in [5, 5.41) is 5.66. The number of thiazole rings is 1. The third-order valence-corrected chi connectivity index (χ3v) is 6.43. The Morgan fingerprint density at radius 2 is 1.83 bits per heavy atom. The van der Waals surface area contributed by atoms with E-state index >= 15 is 0 Å². The Hall–Kier alpha value is -3.72. The van der Waals surface area contributed by atoms with E-state index in [0.717, 1.165) is 23.5 Å². The third-order valence-electron chi connectivity index (χ3n) is 5.52. The highest BCUT2D eigenvalue weighted by atomic mass is 32.1. The number of ether oxygens (including phenoxy) is 1. The van der Waals surface area contributed by atoms with Crippen LogP contribution in [0.5, 0.6) is 0 Å². The molecule has 0 bridgehead atoms. The zero-order valence-corrected chi connectivity index (χ0v) is 20.6. The Balaban J connectivity index is 1.32. The first-order valence-corrected chi connectivity index (χ1v) is 12.4. The zero-order chi connectivity index (χ0) is 24.8.